The van der Waals surface area contributed by atoms with Gasteiger partial charge in [-0.1, -0.05) is 48.2 Å². The summed E-state index contributed by atoms with van der Waals surface area (Å²) < 4.78 is 5.35. The number of ether oxygens (including phenoxy) is 1. The Kier molecular flexibility index (Phi) is 5.48. The molecule has 1 fully saturated rings. The summed E-state index contributed by atoms with van der Waals surface area (Å²) in [5.41, 5.74) is 1.91. The lowest BCUT2D eigenvalue weighted by atomic mass is 10.2. The number of carbonyl (C=O) groups excluding carboxylic acids is 1. The number of nitrogens with one attached hydrogen (secondary N) is 1. The van der Waals surface area contributed by atoms with Crippen LogP contribution in [0.4, 0.5) is 0 Å². The predicted octanol–water partition coefficient (Wildman–Crippen LogP) is 4.31. The summed E-state index contributed by atoms with van der Waals surface area (Å²) in [6.07, 6.45) is 2.30. The SMILES string of the molecule is COc1ccccc1CNC(=O)C(C)Sc1nc(C2CC2)nc2ccccc12. The molecule has 6 heteroatoms. The maximum Gasteiger partial charge on any atom is 0.233 e. The average Bonchev–Trinajstić information content (AvgIpc) is 3.57. The van der Waals surface area contributed by atoms with Crippen LogP contribution in [-0.2, 0) is 11.3 Å². The maximum absolute atomic E-state index is 12.7. The minimum absolute atomic E-state index is 0.0217. The van der Waals surface area contributed by atoms with Crippen LogP contribution in [0.15, 0.2) is 53.6 Å². The van der Waals surface area contributed by atoms with Crippen molar-refractivity contribution in [3.05, 3.63) is 59.9 Å². The Morgan fingerprint density at radius 3 is 2.71 bits per heavy atom. The van der Waals surface area contributed by atoms with E-state index in [0.717, 1.165) is 45.9 Å². The van der Waals surface area contributed by atoms with Crippen molar-refractivity contribution < 1.29 is 9.53 Å². The summed E-state index contributed by atoms with van der Waals surface area (Å²) in [5.74, 6) is 2.13. The van der Waals surface area contributed by atoms with Crippen molar-refractivity contribution in [2.45, 2.75) is 42.5 Å². The minimum atomic E-state index is -0.264. The molecule has 3 aromatic rings. The third-order valence-electron chi connectivity index (χ3n) is 4.83. The highest BCUT2D eigenvalue weighted by atomic mass is 32.2. The van der Waals surface area contributed by atoms with Gasteiger partial charge in [-0.3, -0.25) is 4.79 Å². The average molecular weight is 394 g/mol. The van der Waals surface area contributed by atoms with Crippen LogP contribution in [-0.4, -0.2) is 28.2 Å². The zero-order valence-corrected chi connectivity index (χ0v) is 16.8. The summed E-state index contributed by atoms with van der Waals surface area (Å²) in [4.78, 5) is 22.2. The number of amides is 1. The fourth-order valence-electron chi connectivity index (χ4n) is 3.07. The fraction of sp³-hybridized carbons (Fsp3) is 0.318. The first-order chi connectivity index (χ1) is 13.7. The molecule has 5 nitrogen and oxygen atoms in total. The van der Waals surface area contributed by atoms with Crippen LogP contribution in [0, 0.1) is 0 Å². The Hall–Kier alpha value is -2.60. The Labute approximate surface area is 168 Å². The Balaban J connectivity index is 1.48. The molecule has 0 saturated heterocycles. The number of carbonyl (C=O) groups is 1. The van der Waals surface area contributed by atoms with Gasteiger partial charge < -0.3 is 10.1 Å². The van der Waals surface area contributed by atoms with Crippen molar-refractivity contribution in [3.8, 4) is 5.75 Å². The van der Waals surface area contributed by atoms with E-state index >= 15 is 0 Å². The first kappa shape index (κ1) is 18.7. The first-order valence-corrected chi connectivity index (χ1v) is 10.4. The van der Waals surface area contributed by atoms with E-state index in [1.54, 1.807) is 7.11 Å². The van der Waals surface area contributed by atoms with Crippen LogP contribution < -0.4 is 10.1 Å². The number of para-hydroxylation sites is 2. The molecule has 1 unspecified atom stereocenters. The fourth-order valence-corrected chi connectivity index (χ4v) is 4.05. The van der Waals surface area contributed by atoms with Gasteiger partial charge in [0.2, 0.25) is 5.91 Å². The molecule has 0 bridgehead atoms. The van der Waals surface area contributed by atoms with E-state index in [4.69, 9.17) is 14.7 Å². The summed E-state index contributed by atoms with van der Waals surface area (Å²) in [5, 5.41) is 4.63. The van der Waals surface area contributed by atoms with Crippen molar-refractivity contribution in [1.82, 2.24) is 15.3 Å². The lowest BCUT2D eigenvalue weighted by Gasteiger charge is -2.14. The molecular formula is C22H23N3O2S. The van der Waals surface area contributed by atoms with E-state index in [1.807, 2.05) is 55.5 Å². The number of rotatable bonds is 7. The molecule has 0 radical (unpaired) electrons. The van der Waals surface area contributed by atoms with E-state index in [2.05, 4.69) is 5.32 Å². The molecule has 1 aromatic heterocycles. The minimum Gasteiger partial charge on any atom is -0.496 e. The van der Waals surface area contributed by atoms with E-state index in [0.29, 0.717) is 12.5 Å². The normalized spacial score (nSPS) is 14.6. The molecule has 1 aliphatic rings. The van der Waals surface area contributed by atoms with E-state index in [9.17, 15) is 4.79 Å². The second-order valence-electron chi connectivity index (χ2n) is 6.97. The summed E-state index contributed by atoms with van der Waals surface area (Å²) in [6.45, 7) is 2.35. The third kappa shape index (κ3) is 4.12. The summed E-state index contributed by atoms with van der Waals surface area (Å²) in [7, 11) is 1.64. The van der Waals surface area contributed by atoms with Crippen molar-refractivity contribution in [2.24, 2.45) is 0 Å². The van der Waals surface area contributed by atoms with Crippen molar-refractivity contribution >= 4 is 28.6 Å². The van der Waals surface area contributed by atoms with Gasteiger partial charge in [0.15, 0.2) is 0 Å². The number of methoxy groups -OCH3 is 1. The quantitative estimate of drug-likeness (QED) is 0.479. The van der Waals surface area contributed by atoms with Gasteiger partial charge in [-0.05, 0) is 31.9 Å². The monoisotopic (exact) mass is 393 g/mol. The highest BCUT2D eigenvalue weighted by molar-refractivity contribution is 8.00. The van der Waals surface area contributed by atoms with Crippen molar-refractivity contribution in [1.29, 1.82) is 0 Å². The molecule has 1 saturated carbocycles. The standard InChI is InChI=1S/C22H23N3O2S/c1-14(21(26)23-13-16-7-3-6-10-19(16)27-2)28-22-17-8-4-5-9-18(17)24-20(25-22)15-11-12-15/h3-10,14-15H,11-13H2,1-2H3,(H,23,26). The molecule has 1 heterocycles. The lowest BCUT2D eigenvalue weighted by molar-refractivity contribution is -0.120. The number of thioether (sulfide) groups is 1. The van der Waals surface area contributed by atoms with Crippen LogP contribution in [0.1, 0.15) is 37.1 Å². The largest absolute Gasteiger partial charge is 0.496 e. The van der Waals surface area contributed by atoms with Crippen molar-refractivity contribution in [3.63, 3.8) is 0 Å². The summed E-state index contributed by atoms with van der Waals surface area (Å²) >= 11 is 1.49. The van der Waals surface area contributed by atoms with Crippen molar-refractivity contribution in [2.75, 3.05) is 7.11 Å². The van der Waals surface area contributed by atoms with Gasteiger partial charge in [-0.15, -0.1) is 0 Å². The summed E-state index contributed by atoms with van der Waals surface area (Å²) in [6, 6.07) is 15.7. The number of nitrogens with zero attached hydrogens (tertiary/aromatic N) is 2. The molecule has 144 valence electrons. The van der Waals surface area contributed by atoms with Crippen LogP contribution >= 0.6 is 11.8 Å². The van der Waals surface area contributed by atoms with Gasteiger partial charge >= 0.3 is 0 Å². The molecule has 1 amide bonds. The molecule has 4 rings (SSSR count). The van der Waals surface area contributed by atoms with Crippen LogP contribution in [0.2, 0.25) is 0 Å². The maximum atomic E-state index is 12.7. The highest BCUT2D eigenvalue weighted by Gasteiger charge is 2.28. The van der Waals surface area contributed by atoms with Gasteiger partial charge in [-0.25, -0.2) is 9.97 Å². The van der Waals surface area contributed by atoms with Crippen LogP contribution in [0.5, 0.6) is 5.75 Å². The second kappa shape index (κ2) is 8.19. The van der Waals surface area contributed by atoms with Gasteiger partial charge in [-0.2, -0.15) is 0 Å². The van der Waals surface area contributed by atoms with Crippen LogP contribution in [0.25, 0.3) is 10.9 Å². The number of hydrogen-bond acceptors (Lipinski definition) is 5. The number of benzene rings is 2. The lowest BCUT2D eigenvalue weighted by Crippen LogP contribution is -2.30. The van der Waals surface area contributed by atoms with E-state index in [1.165, 1.54) is 11.8 Å². The van der Waals surface area contributed by atoms with Crippen LogP contribution in [0.3, 0.4) is 0 Å². The third-order valence-corrected chi connectivity index (χ3v) is 5.93. The zero-order chi connectivity index (χ0) is 19.5. The smallest absolute Gasteiger partial charge is 0.233 e. The second-order valence-corrected chi connectivity index (χ2v) is 8.30. The molecule has 2 aromatic carbocycles. The Bertz CT molecular complexity index is 1000. The predicted molar refractivity (Wildman–Crippen MR) is 112 cm³/mol. The topological polar surface area (TPSA) is 64.1 Å². The number of fused-ring (bicyclic) bond motifs is 1. The number of aromatic nitrogens is 2. The van der Waals surface area contributed by atoms with E-state index < -0.39 is 0 Å². The zero-order valence-electron chi connectivity index (χ0n) is 16.0. The first-order valence-electron chi connectivity index (χ1n) is 9.48. The molecule has 28 heavy (non-hydrogen) atoms. The molecule has 0 aliphatic heterocycles. The molecule has 0 spiro atoms. The molecular weight excluding hydrogens is 370 g/mol. The Morgan fingerprint density at radius 1 is 1.18 bits per heavy atom. The molecule has 1 N–H and O–H groups in total. The highest BCUT2D eigenvalue weighted by Crippen LogP contribution is 2.40. The molecule has 1 aliphatic carbocycles. The van der Waals surface area contributed by atoms with Gasteiger partial charge in [0.05, 0.1) is 17.9 Å². The van der Waals surface area contributed by atoms with E-state index in [-0.39, 0.29) is 11.2 Å². The number of hydrogen-bond donors (Lipinski definition) is 1. The Morgan fingerprint density at radius 2 is 1.93 bits per heavy atom. The molecule has 1 atom stereocenters. The van der Waals surface area contributed by atoms with Gasteiger partial charge in [0, 0.05) is 23.4 Å². The van der Waals surface area contributed by atoms with Gasteiger partial charge in [0.25, 0.3) is 0 Å². The van der Waals surface area contributed by atoms with Gasteiger partial charge in [0.1, 0.15) is 16.6 Å².